The van der Waals surface area contributed by atoms with Crippen molar-refractivity contribution in [2.24, 2.45) is 5.92 Å². The summed E-state index contributed by atoms with van der Waals surface area (Å²) >= 11 is 5.99. The Hall–Kier alpha value is -2.60. The summed E-state index contributed by atoms with van der Waals surface area (Å²) in [5.41, 5.74) is 1.35. The zero-order chi connectivity index (χ0) is 20.4. The van der Waals surface area contributed by atoms with Crippen molar-refractivity contribution < 1.29 is 23.5 Å². The molecule has 2 aromatic carbocycles. The molecule has 7 heteroatoms. The first-order valence-corrected chi connectivity index (χ1v) is 10.0. The molecule has 2 aliphatic rings. The number of fused-ring (bicyclic) bond motifs is 1. The zero-order valence-electron chi connectivity index (χ0n) is 15.8. The van der Waals surface area contributed by atoms with Gasteiger partial charge in [0.05, 0.1) is 11.6 Å². The molecule has 0 bridgehead atoms. The molecule has 0 radical (unpaired) electrons. The van der Waals surface area contributed by atoms with E-state index >= 15 is 0 Å². The predicted molar refractivity (Wildman–Crippen MR) is 106 cm³/mol. The summed E-state index contributed by atoms with van der Waals surface area (Å²) in [4.78, 5) is 26.3. The van der Waals surface area contributed by atoms with Gasteiger partial charge >= 0.3 is 0 Å². The minimum Gasteiger partial charge on any atom is -0.492 e. The van der Waals surface area contributed by atoms with Crippen molar-refractivity contribution in [1.82, 2.24) is 4.90 Å². The van der Waals surface area contributed by atoms with Crippen molar-refractivity contribution >= 4 is 23.3 Å². The second kappa shape index (κ2) is 8.41. The van der Waals surface area contributed by atoms with Crippen LogP contribution in [0.5, 0.6) is 11.5 Å². The molecule has 0 atom stereocenters. The molecule has 4 rings (SSSR count). The zero-order valence-corrected chi connectivity index (χ0v) is 16.6. The molecule has 0 N–H and O–H groups in total. The van der Waals surface area contributed by atoms with Crippen LogP contribution < -0.4 is 9.47 Å². The predicted octanol–water partition coefficient (Wildman–Crippen LogP) is 3.91. The van der Waals surface area contributed by atoms with Gasteiger partial charge in [0.2, 0.25) is 0 Å². The number of benzene rings is 2. The van der Waals surface area contributed by atoms with E-state index in [1.165, 1.54) is 18.2 Å². The number of piperidine rings is 1. The van der Waals surface area contributed by atoms with Gasteiger partial charge in [-0.05, 0) is 55.2 Å². The van der Waals surface area contributed by atoms with Crippen molar-refractivity contribution in [2.45, 2.75) is 19.3 Å². The summed E-state index contributed by atoms with van der Waals surface area (Å²) in [7, 11) is 0. The number of ether oxygens (including phenoxy) is 2. The molecule has 5 nitrogen and oxygen atoms in total. The molecule has 2 aliphatic heterocycles. The molecule has 1 saturated heterocycles. The number of amides is 1. The molecule has 2 heterocycles. The number of Topliss-reactive ketones (excluding diaryl/α,β-unsaturated/α-hetero) is 1. The number of halogens is 2. The number of carbonyl (C=O) groups excluding carboxylic acids is 2. The van der Waals surface area contributed by atoms with Crippen LogP contribution in [0.4, 0.5) is 4.39 Å². The van der Waals surface area contributed by atoms with Gasteiger partial charge in [-0.2, -0.15) is 0 Å². The van der Waals surface area contributed by atoms with Crippen LogP contribution in [0.2, 0.25) is 5.02 Å². The molecule has 0 aliphatic carbocycles. The van der Waals surface area contributed by atoms with Gasteiger partial charge in [0.15, 0.2) is 5.78 Å². The van der Waals surface area contributed by atoms with Gasteiger partial charge in [0.25, 0.3) is 5.91 Å². The van der Waals surface area contributed by atoms with Crippen LogP contribution in [0.3, 0.4) is 0 Å². The molecule has 2 aromatic rings. The van der Waals surface area contributed by atoms with Gasteiger partial charge in [-0.15, -0.1) is 0 Å². The molecule has 0 spiro atoms. The first-order chi connectivity index (χ1) is 14.0. The molecule has 0 aromatic heterocycles. The highest BCUT2D eigenvalue weighted by Gasteiger charge is 2.26. The summed E-state index contributed by atoms with van der Waals surface area (Å²) in [6.45, 7) is 1.84. The monoisotopic (exact) mass is 417 g/mol. The number of nitrogens with zero attached hydrogens (tertiary/aromatic N) is 1. The minimum atomic E-state index is -0.396. The van der Waals surface area contributed by atoms with E-state index in [-0.39, 0.29) is 23.3 Å². The lowest BCUT2D eigenvalue weighted by Crippen LogP contribution is -2.39. The smallest absolute Gasteiger partial charge is 0.253 e. The van der Waals surface area contributed by atoms with Crippen LogP contribution in [-0.2, 0) is 11.2 Å². The number of hydrogen-bond donors (Lipinski definition) is 0. The molecule has 1 amide bonds. The van der Waals surface area contributed by atoms with Crippen LogP contribution in [0.25, 0.3) is 0 Å². The fourth-order valence-corrected chi connectivity index (χ4v) is 3.92. The summed E-state index contributed by atoms with van der Waals surface area (Å²) in [6, 6.07) is 9.36. The summed E-state index contributed by atoms with van der Waals surface area (Å²) in [6.07, 6.45) is 1.94. The Morgan fingerprint density at radius 3 is 2.76 bits per heavy atom. The Labute approximate surface area is 173 Å². The molecule has 1 fully saturated rings. The highest BCUT2D eigenvalue weighted by atomic mass is 35.5. The quantitative estimate of drug-likeness (QED) is 0.756. The third kappa shape index (κ3) is 4.53. The van der Waals surface area contributed by atoms with Gasteiger partial charge in [0, 0.05) is 30.6 Å². The second-order valence-electron chi connectivity index (χ2n) is 7.45. The maximum absolute atomic E-state index is 13.1. The van der Waals surface area contributed by atoms with Crippen LogP contribution >= 0.6 is 11.6 Å². The van der Waals surface area contributed by atoms with Crippen molar-refractivity contribution in [1.29, 1.82) is 0 Å². The Kier molecular flexibility index (Phi) is 5.72. The number of rotatable bonds is 4. The van der Waals surface area contributed by atoms with Crippen molar-refractivity contribution in [3.63, 3.8) is 0 Å². The fourth-order valence-electron chi connectivity index (χ4n) is 3.70. The first-order valence-electron chi connectivity index (χ1n) is 9.64. The third-order valence-electron chi connectivity index (χ3n) is 5.35. The van der Waals surface area contributed by atoms with E-state index in [1.807, 2.05) is 4.90 Å². The van der Waals surface area contributed by atoms with Gasteiger partial charge in [0.1, 0.15) is 23.9 Å². The van der Waals surface area contributed by atoms with Crippen LogP contribution in [-0.4, -0.2) is 42.9 Å². The third-order valence-corrected chi connectivity index (χ3v) is 5.65. The van der Waals surface area contributed by atoms with E-state index in [2.05, 4.69) is 0 Å². The normalized spacial score (nSPS) is 16.9. The van der Waals surface area contributed by atoms with Crippen molar-refractivity contribution in [2.75, 3.05) is 26.3 Å². The van der Waals surface area contributed by atoms with Crippen molar-refractivity contribution in [3.05, 3.63) is 58.4 Å². The highest BCUT2D eigenvalue weighted by Crippen LogP contribution is 2.28. The number of carbonyl (C=O) groups is 2. The minimum absolute atomic E-state index is 0.0178. The van der Waals surface area contributed by atoms with Crippen LogP contribution in [0, 0.1) is 11.7 Å². The van der Waals surface area contributed by atoms with E-state index in [1.54, 1.807) is 18.2 Å². The molecule has 29 heavy (non-hydrogen) atoms. The maximum atomic E-state index is 13.1. The van der Waals surface area contributed by atoms with Crippen LogP contribution in [0.1, 0.15) is 28.8 Å². The molecular weight excluding hydrogens is 397 g/mol. The number of ketones is 1. The second-order valence-corrected chi connectivity index (χ2v) is 7.86. The lowest BCUT2D eigenvalue weighted by molar-refractivity contribution is -0.121. The Morgan fingerprint density at radius 2 is 2.00 bits per heavy atom. The van der Waals surface area contributed by atoms with E-state index in [4.69, 9.17) is 21.1 Å². The van der Waals surface area contributed by atoms with E-state index in [0.717, 1.165) is 18.4 Å². The summed E-state index contributed by atoms with van der Waals surface area (Å²) < 4.78 is 24.2. The average molecular weight is 418 g/mol. The van der Waals surface area contributed by atoms with E-state index in [9.17, 15) is 14.0 Å². The topological polar surface area (TPSA) is 55.8 Å². The van der Waals surface area contributed by atoms with E-state index < -0.39 is 5.82 Å². The van der Waals surface area contributed by atoms with Crippen molar-refractivity contribution in [3.8, 4) is 11.5 Å². The van der Waals surface area contributed by atoms with Gasteiger partial charge in [-0.1, -0.05) is 11.6 Å². The first kappa shape index (κ1) is 19.7. The lowest BCUT2D eigenvalue weighted by atomic mass is 9.96. The maximum Gasteiger partial charge on any atom is 0.253 e. The highest BCUT2D eigenvalue weighted by molar-refractivity contribution is 6.32. The molecule has 0 unspecified atom stereocenters. The lowest BCUT2D eigenvalue weighted by Gasteiger charge is -2.32. The number of hydrogen-bond acceptors (Lipinski definition) is 4. The Balaban J connectivity index is 1.32. The Bertz CT molecular complexity index is 940. The van der Waals surface area contributed by atoms with Gasteiger partial charge in [-0.3, -0.25) is 9.59 Å². The van der Waals surface area contributed by atoms with Crippen LogP contribution in [0.15, 0.2) is 36.4 Å². The molecule has 0 saturated carbocycles. The standard InChI is InChI=1S/C22H21ClFNO4/c23-19-11-17(24)2-4-21(19)28-12-14-5-7-25(8-6-14)22(27)15-1-3-20-16(9-15)10-18(26)13-29-20/h1-4,9,11,14H,5-8,10,12-13H2. The molecular formula is C22H21ClFNO4. The van der Waals surface area contributed by atoms with Gasteiger partial charge in [-0.25, -0.2) is 4.39 Å². The fraction of sp³-hybridized carbons (Fsp3) is 0.364. The largest absolute Gasteiger partial charge is 0.492 e. The Morgan fingerprint density at radius 1 is 1.21 bits per heavy atom. The molecule has 152 valence electrons. The summed E-state index contributed by atoms with van der Waals surface area (Å²) in [5.74, 6) is 1.03. The average Bonchev–Trinajstić information content (AvgIpc) is 2.72. The van der Waals surface area contributed by atoms with E-state index in [0.29, 0.717) is 49.1 Å². The summed E-state index contributed by atoms with van der Waals surface area (Å²) in [5, 5.41) is 0.257. The SMILES string of the molecule is O=C1COc2ccc(C(=O)N3CCC(COc4ccc(F)cc4Cl)CC3)cc2C1. The van der Waals surface area contributed by atoms with Gasteiger partial charge < -0.3 is 14.4 Å². The number of likely N-dealkylation sites (tertiary alicyclic amines) is 1.